The van der Waals surface area contributed by atoms with Crippen LogP contribution in [0.15, 0.2) is 0 Å². The van der Waals surface area contributed by atoms with Gasteiger partial charge in [0.2, 0.25) is 0 Å². The van der Waals surface area contributed by atoms with Gasteiger partial charge in [0.1, 0.15) is 0 Å². The quantitative estimate of drug-likeness (QED) is 0.782. The molecule has 0 aromatic heterocycles. The average Bonchev–Trinajstić information content (AvgIpc) is 3.24. The molecule has 1 saturated heterocycles. The molecule has 0 bridgehead atoms. The van der Waals surface area contributed by atoms with E-state index in [0.29, 0.717) is 5.41 Å². The lowest BCUT2D eigenvalue weighted by molar-refractivity contribution is 0.129. The topological polar surface area (TPSA) is 15.3 Å². The van der Waals surface area contributed by atoms with Crippen molar-refractivity contribution in [1.82, 2.24) is 10.2 Å². The molecule has 1 atom stereocenters. The number of nitrogens with one attached hydrogen (secondary N) is 1. The van der Waals surface area contributed by atoms with Gasteiger partial charge in [-0.2, -0.15) is 11.8 Å². The second-order valence-electron chi connectivity index (χ2n) is 7.49. The lowest BCUT2D eigenvalue weighted by Gasteiger charge is -2.41. The fourth-order valence-corrected chi connectivity index (χ4v) is 5.11. The summed E-state index contributed by atoms with van der Waals surface area (Å²) in [6, 6.07) is 0.867. The molecule has 3 aliphatic rings. The molecule has 2 nitrogen and oxygen atoms in total. The molecule has 1 unspecified atom stereocenters. The van der Waals surface area contributed by atoms with Crippen molar-refractivity contribution in [2.75, 3.05) is 31.9 Å². The smallest absolute Gasteiger partial charge is 0.0147 e. The number of nitrogens with zero attached hydrogens (tertiary/aromatic N) is 1. The first-order chi connectivity index (χ1) is 9.76. The van der Waals surface area contributed by atoms with Gasteiger partial charge in [0.15, 0.2) is 0 Å². The Morgan fingerprint density at radius 1 is 1.15 bits per heavy atom. The van der Waals surface area contributed by atoms with Crippen LogP contribution in [0.2, 0.25) is 0 Å². The second-order valence-corrected chi connectivity index (χ2v) is 9.03. The maximum atomic E-state index is 3.86. The van der Waals surface area contributed by atoms with Gasteiger partial charge in [0.25, 0.3) is 0 Å². The lowest BCUT2D eigenvalue weighted by Crippen LogP contribution is -2.48. The van der Waals surface area contributed by atoms with Gasteiger partial charge in [-0.3, -0.25) is 0 Å². The van der Waals surface area contributed by atoms with Gasteiger partial charge in [-0.1, -0.05) is 32.6 Å². The molecule has 1 aliphatic heterocycles. The zero-order valence-electron chi connectivity index (χ0n) is 13.2. The molecule has 1 heterocycles. The zero-order valence-corrected chi connectivity index (χ0v) is 14.0. The normalized spacial score (nSPS) is 31.9. The van der Waals surface area contributed by atoms with Gasteiger partial charge in [0.05, 0.1) is 0 Å². The molecule has 0 aromatic rings. The van der Waals surface area contributed by atoms with E-state index in [1.807, 2.05) is 0 Å². The van der Waals surface area contributed by atoms with Gasteiger partial charge < -0.3 is 10.2 Å². The first kappa shape index (κ1) is 15.2. The van der Waals surface area contributed by atoms with E-state index in [1.165, 1.54) is 83.3 Å². The van der Waals surface area contributed by atoms with E-state index in [0.717, 1.165) is 11.3 Å². The highest BCUT2D eigenvalue weighted by molar-refractivity contribution is 7.99. The summed E-state index contributed by atoms with van der Waals surface area (Å²) in [7, 11) is 0. The van der Waals surface area contributed by atoms with Crippen LogP contribution in [0.4, 0.5) is 0 Å². The fraction of sp³-hybridized carbons (Fsp3) is 1.00. The minimum atomic E-state index is 0.584. The van der Waals surface area contributed by atoms with Crippen molar-refractivity contribution in [3.8, 4) is 0 Å². The van der Waals surface area contributed by atoms with E-state index in [1.54, 1.807) is 0 Å². The molecule has 0 aromatic carbocycles. The minimum Gasteiger partial charge on any atom is -0.313 e. The van der Waals surface area contributed by atoms with Crippen LogP contribution in [0.25, 0.3) is 0 Å². The molecule has 0 amide bonds. The van der Waals surface area contributed by atoms with E-state index < -0.39 is 0 Å². The van der Waals surface area contributed by atoms with Crippen molar-refractivity contribution < 1.29 is 0 Å². The Morgan fingerprint density at radius 2 is 1.90 bits per heavy atom. The molecule has 0 radical (unpaired) electrons. The highest BCUT2D eigenvalue weighted by atomic mass is 32.2. The monoisotopic (exact) mass is 296 g/mol. The van der Waals surface area contributed by atoms with Crippen LogP contribution < -0.4 is 5.32 Å². The Kier molecular flexibility index (Phi) is 5.33. The van der Waals surface area contributed by atoms with Crippen molar-refractivity contribution in [2.24, 2.45) is 5.41 Å². The fourth-order valence-electron chi connectivity index (χ4n) is 4.03. The highest BCUT2D eigenvalue weighted by Gasteiger charge is 2.35. The molecule has 3 rings (SSSR count). The van der Waals surface area contributed by atoms with Gasteiger partial charge in [-0.15, -0.1) is 0 Å². The van der Waals surface area contributed by atoms with Crippen molar-refractivity contribution in [1.29, 1.82) is 0 Å². The molecule has 0 spiro atoms. The van der Waals surface area contributed by atoms with Gasteiger partial charge in [-0.25, -0.2) is 0 Å². The lowest BCUT2D eigenvalue weighted by atomic mass is 9.79. The Morgan fingerprint density at radius 3 is 2.55 bits per heavy atom. The van der Waals surface area contributed by atoms with Crippen LogP contribution in [-0.4, -0.2) is 48.1 Å². The first-order valence-electron chi connectivity index (χ1n) is 8.83. The van der Waals surface area contributed by atoms with Crippen molar-refractivity contribution in [2.45, 2.75) is 69.6 Å². The standard InChI is InChI=1S/C17H32N2S/c1-15-12-19(10-11-20-15)14-17(13-18-16-6-7-16)8-4-2-3-5-9-17/h15-16,18H,2-14H2,1H3. The third-order valence-electron chi connectivity index (χ3n) is 5.39. The van der Waals surface area contributed by atoms with E-state index in [4.69, 9.17) is 0 Å². The summed E-state index contributed by atoms with van der Waals surface area (Å²) in [5.74, 6) is 1.34. The summed E-state index contributed by atoms with van der Waals surface area (Å²) >= 11 is 2.16. The Balaban J connectivity index is 1.59. The molecule has 116 valence electrons. The second kappa shape index (κ2) is 7.02. The third-order valence-corrected chi connectivity index (χ3v) is 6.53. The number of hydrogen-bond donors (Lipinski definition) is 1. The summed E-state index contributed by atoms with van der Waals surface area (Å²) in [5, 5.41) is 4.70. The molecular formula is C17H32N2S. The molecule has 20 heavy (non-hydrogen) atoms. The molecular weight excluding hydrogens is 264 g/mol. The number of thioether (sulfide) groups is 1. The highest BCUT2D eigenvalue weighted by Crippen LogP contribution is 2.37. The van der Waals surface area contributed by atoms with E-state index in [9.17, 15) is 0 Å². The van der Waals surface area contributed by atoms with Crippen LogP contribution in [0, 0.1) is 5.41 Å². The molecule has 3 fully saturated rings. The Hall–Kier alpha value is 0.270. The van der Waals surface area contributed by atoms with Gasteiger partial charge >= 0.3 is 0 Å². The van der Waals surface area contributed by atoms with Crippen molar-refractivity contribution in [3.63, 3.8) is 0 Å². The maximum Gasteiger partial charge on any atom is 0.0147 e. The maximum absolute atomic E-state index is 3.86. The van der Waals surface area contributed by atoms with Crippen LogP contribution >= 0.6 is 11.8 Å². The van der Waals surface area contributed by atoms with E-state index >= 15 is 0 Å². The predicted octanol–water partition coefficient (Wildman–Crippen LogP) is 3.52. The number of rotatable bonds is 5. The molecule has 3 heteroatoms. The van der Waals surface area contributed by atoms with E-state index in [-0.39, 0.29) is 0 Å². The van der Waals surface area contributed by atoms with Crippen LogP contribution in [0.5, 0.6) is 0 Å². The summed E-state index contributed by atoms with van der Waals surface area (Å²) in [4.78, 5) is 2.78. The molecule has 1 N–H and O–H groups in total. The van der Waals surface area contributed by atoms with Crippen LogP contribution in [0.1, 0.15) is 58.3 Å². The summed E-state index contributed by atoms with van der Waals surface area (Å²) in [6.07, 6.45) is 11.6. The first-order valence-corrected chi connectivity index (χ1v) is 9.88. The molecule has 2 saturated carbocycles. The van der Waals surface area contributed by atoms with E-state index in [2.05, 4.69) is 28.9 Å². The Bertz CT molecular complexity index is 295. The van der Waals surface area contributed by atoms with Crippen LogP contribution in [0.3, 0.4) is 0 Å². The predicted molar refractivity (Wildman–Crippen MR) is 89.5 cm³/mol. The van der Waals surface area contributed by atoms with Crippen LogP contribution in [-0.2, 0) is 0 Å². The largest absolute Gasteiger partial charge is 0.313 e. The minimum absolute atomic E-state index is 0.584. The SMILES string of the molecule is CC1CN(CC2(CNC3CC3)CCCCCC2)CCS1. The van der Waals surface area contributed by atoms with Gasteiger partial charge in [0, 0.05) is 43.2 Å². The third kappa shape index (κ3) is 4.38. The zero-order chi connectivity index (χ0) is 13.8. The molecule has 2 aliphatic carbocycles. The number of hydrogen-bond acceptors (Lipinski definition) is 3. The van der Waals surface area contributed by atoms with Gasteiger partial charge in [-0.05, 0) is 31.1 Å². The summed E-state index contributed by atoms with van der Waals surface area (Å²) < 4.78 is 0. The summed E-state index contributed by atoms with van der Waals surface area (Å²) in [6.45, 7) is 7.68. The van der Waals surface area contributed by atoms with Crippen molar-refractivity contribution >= 4 is 11.8 Å². The van der Waals surface area contributed by atoms with Crippen molar-refractivity contribution in [3.05, 3.63) is 0 Å². The average molecular weight is 297 g/mol. The summed E-state index contributed by atoms with van der Waals surface area (Å²) in [5.41, 5.74) is 0.584. The Labute approximate surface area is 129 Å².